The number of carbonyl (C=O) groups excluding carboxylic acids is 1. The number of amides is 1. The zero-order valence-corrected chi connectivity index (χ0v) is 12.2. The molecule has 0 aliphatic carbocycles. The van der Waals surface area contributed by atoms with Crippen molar-refractivity contribution in [2.45, 2.75) is 18.6 Å². The minimum absolute atomic E-state index is 0.0508. The van der Waals surface area contributed by atoms with Gasteiger partial charge in [0.25, 0.3) is 0 Å². The van der Waals surface area contributed by atoms with E-state index in [-0.39, 0.29) is 18.9 Å². The van der Waals surface area contributed by atoms with Gasteiger partial charge in [0.1, 0.15) is 5.25 Å². The molecule has 1 aromatic rings. The fourth-order valence-electron chi connectivity index (χ4n) is 2.00. The second-order valence-corrected chi connectivity index (χ2v) is 7.11. The van der Waals surface area contributed by atoms with Crippen LogP contribution in [0.25, 0.3) is 0 Å². The molecule has 2 N–H and O–H groups in total. The lowest BCUT2D eigenvalue weighted by molar-refractivity contribution is -0.117. The van der Waals surface area contributed by atoms with Gasteiger partial charge in [-0.3, -0.25) is 4.79 Å². The van der Waals surface area contributed by atoms with Crippen molar-refractivity contribution >= 4 is 37.5 Å². The van der Waals surface area contributed by atoms with Gasteiger partial charge in [0.15, 0.2) is 0 Å². The molecule has 1 saturated heterocycles. The molecule has 1 aliphatic rings. The van der Waals surface area contributed by atoms with Crippen molar-refractivity contribution in [3.8, 4) is 0 Å². The Morgan fingerprint density at radius 1 is 1.44 bits per heavy atom. The van der Waals surface area contributed by atoms with E-state index in [9.17, 15) is 13.2 Å². The molecule has 0 saturated carbocycles. The normalized spacial score (nSPS) is 20.5. The predicted molar refractivity (Wildman–Crippen MR) is 72.7 cm³/mol. The number of hydrogen-bond donors (Lipinski definition) is 1. The predicted octanol–water partition coefficient (Wildman–Crippen LogP) is 1.15. The number of rotatable bonds is 2. The number of aryl methyl sites for hydroxylation is 1. The Bertz CT molecular complexity index is 600. The lowest BCUT2D eigenvalue weighted by atomic mass is 10.2. The molecule has 1 amide bonds. The topological polar surface area (TPSA) is 80.5 Å². The van der Waals surface area contributed by atoms with Crippen LogP contribution in [0.3, 0.4) is 0 Å². The fourth-order valence-corrected chi connectivity index (χ4v) is 3.08. The van der Waals surface area contributed by atoms with Crippen LogP contribution in [0.4, 0.5) is 5.69 Å². The van der Waals surface area contributed by atoms with Gasteiger partial charge in [-0.25, -0.2) is 13.6 Å². The molecule has 0 bridgehead atoms. The van der Waals surface area contributed by atoms with Gasteiger partial charge in [-0.1, -0.05) is 22.0 Å². The summed E-state index contributed by atoms with van der Waals surface area (Å²) in [6, 6.07) is 5.55. The van der Waals surface area contributed by atoms with E-state index in [1.807, 2.05) is 19.1 Å². The lowest BCUT2D eigenvalue weighted by Gasteiger charge is -2.19. The van der Waals surface area contributed by atoms with Crippen LogP contribution in [0.1, 0.15) is 12.0 Å². The number of nitrogens with zero attached hydrogens (tertiary/aromatic N) is 1. The molecule has 0 aromatic heterocycles. The highest BCUT2D eigenvalue weighted by molar-refractivity contribution is 9.10. The van der Waals surface area contributed by atoms with E-state index in [2.05, 4.69) is 15.9 Å². The number of benzene rings is 1. The first kappa shape index (κ1) is 13.5. The van der Waals surface area contributed by atoms with Crippen molar-refractivity contribution in [3.63, 3.8) is 0 Å². The minimum atomic E-state index is -3.67. The van der Waals surface area contributed by atoms with Crippen molar-refractivity contribution in [1.29, 1.82) is 0 Å². The summed E-state index contributed by atoms with van der Waals surface area (Å²) >= 11 is 3.34. The van der Waals surface area contributed by atoms with Crippen molar-refractivity contribution in [3.05, 3.63) is 28.2 Å². The van der Waals surface area contributed by atoms with Gasteiger partial charge in [-0.05, 0) is 24.6 Å². The van der Waals surface area contributed by atoms with Crippen LogP contribution in [0.5, 0.6) is 0 Å². The van der Waals surface area contributed by atoms with E-state index in [4.69, 9.17) is 5.14 Å². The Balaban J connectivity index is 2.35. The summed E-state index contributed by atoms with van der Waals surface area (Å²) in [5.41, 5.74) is 1.64. The Labute approximate surface area is 114 Å². The van der Waals surface area contributed by atoms with Gasteiger partial charge in [0.2, 0.25) is 15.9 Å². The molecule has 1 atom stereocenters. The van der Waals surface area contributed by atoms with Crippen LogP contribution in [0.2, 0.25) is 0 Å². The third-order valence-electron chi connectivity index (χ3n) is 3.02. The van der Waals surface area contributed by atoms with Gasteiger partial charge >= 0.3 is 0 Å². The maximum atomic E-state index is 11.9. The summed E-state index contributed by atoms with van der Waals surface area (Å²) in [6.45, 7) is 1.99. The molecule has 1 unspecified atom stereocenters. The molecule has 1 aromatic carbocycles. The summed E-state index contributed by atoms with van der Waals surface area (Å²) < 4.78 is 23.4. The van der Waals surface area contributed by atoms with Crippen molar-refractivity contribution in [2.75, 3.05) is 11.4 Å². The highest BCUT2D eigenvalue weighted by Crippen LogP contribution is 2.29. The molecule has 0 radical (unpaired) electrons. The molecule has 18 heavy (non-hydrogen) atoms. The summed E-state index contributed by atoms with van der Waals surface area (Å²) in [6.07, 6.45) is -0.0508. The Morgan fingerprint density at radius 3 is 2.67 bits per heavy atom. The van der Waals surface area contributed by atoms with Crippen LogP contribution in [-0.4, -0.2) is 26.1 Å². The molecule has 7 heteroatoms. The van der Waals surface area contributed by atoms with Crippen LogP contribution < -0.4 is 10.0 Å². The Hall–Kier alpha value is -0.920. The molecule has 0 spiro atoms. The largest absolute Gasteiger partial charge is 0.311 e. The zero-order chi connectivity index (χ0) is 13.5. The van der Waals surface area contributed by atoms with Crippen LogP contribution in [-0.2, 0) is 14.8 Å². The average Bonchev–Trinajstić information content (AvgIpc) is 2.64. The highest BCUT2D eigenvalue weighted by Gasteiger charge is 2.37. The van der Waals surface area contributed by atoms with E-state index in [0.717, 1.165) is 15.7 Å². The SMILES string of the molecule is Cc1ccc(Br)cc1N1CC(S(N)(=O)=O)CC1=O. The van der Waals surface area contributed by atoms with E-state index in [0.29, 0.717) is 0 Å². The smallest absolute Gasteiger partial charge is 0.228 e. The highest BCUT2D eigenvalue weighted by atomic mass is 79.9. The van der Waals surface area contributed by atoms with Gasteiger partial charge in [0.05, 0.1) is 0 Å². The quantitative estimate of drug-likeness (QED) is 0.882. The lowest BCUT2D eigenvalue weighted by Crippen LogP contribution is -2.32. The number of anilines is 1. The Morgan fingerprint density at radius 2 is 2.11 bits per heavy atom. The first-order valence-electron chi connectivity index (χ1n) is 5.37. The number of hydrogen-bond acceptors (Lipinski definition) is 3. The fraction of sp³-hybridized carbons (Fsp3) is 0.364. The monoisotopic (exact) mass is 332 g/mol. The molecule has 5 nitrogen and oxygen atoms in total. The summed E-state index contributed by atoms with van der Waals surface area (Å²) in [4.78, 5) is 13.4. The van der Waals surface area contributed by atoms with E-state index in [1.54, 1.807) is 6.07 Å². The maximum Gasteiger partial charge on any atom is 0.228 e. The summed E-state index contributed by atoms with van der Waals surface area (Å²) in [5.74, 6) is -0.213. The molecular weight excluding hydrogens is 320 g/mol. The van der Waals surface area contributed by atoms with E-state index < -0.39 is 15.3 Å². The van der Waals surface area contributed by atoms with Crippen LogP contribution in [0.15, 0.2) is 22.7 Å². The second-order valence-electron chi connectivity index (χ2n) is 4.35. The van der Waals surface area contributed by atoms with Crippen LogP contribution in [0, 0.1) is 6.92 Å². The number of nitrogens with two attached hydrogens (primary N) is 1. The summed E-state index contributed by atoms with van der Waals surface area (Å²) in [7, 11) is -3.67. The standard InChI is InChI=1S/C11H13BrN2O3S/c1-7-2-3-8(12)4-10(7)14-6-9(5-11(14)15)18(13,16)17/h2-4,9H,5-6H2,1H3,(H2,13,16,17). The van der Waals surface area contributed by atoms with Crippen molar-refractivity contribution < 1.29 is 13.2 Å². The first-order valence-corrected chi connectivity index (χ1v) is 7.77. The number of sulfonamides is 1. The van der Waals surface area contributed by atoms with Crippen molar-refractivity contribution in [2.24, 2.45) is 5.14 Å². The zero-order valence-electron chi connectivity index (χ0n) is 9.76. The third kappa shape index (κ3) is 2.57. The summed E-state index contributed by atoms with van der Waals surface area (Å²) in [5, 5.41) is 4.28. The van der Waals surface area contributed by atoms with Crippen molar-refractivity contribution in [1.82, 2.24) is 0 Å². The third-order valence-corrected chi connectivity index (χ3v) is 4.75. The molecule has 2 rings (SSSR count). The molecule has 1 heterocycles. The van der Waals surface area contributed by atoms with Crippen LogP contribution >= 0.6 is 15.9 Å². The molecular formula is C11H13BrN2O3S. The minimum Gasteiger partial charge on any atom is -0.311 e. The molecule has 1 aliphatic heterocycles. The number of halogens is 1. The molecule has 98 valence electrons. The van der Waals surface area contributed by atoms with E-state index >= 15 is 0 Å². The van der Waals surface area contributed by atoms with Gasteiger partial charge in [0, 0.05) is 23.1 Å². The molecule has 1 fully saturated rings. The van der Waals surface area contributed by atoms with Gasteiger partial charge in [-0.2, -0.15) is 0 Å². The Kier molecular flexibility index (Phi) is 3.48. The number of carbonyl (C=O) groups is 1. The second kappa shape index (κ2) is 4.64. The van der Waals surface area contributed by atoms with E-state index in [1.165, 1.54) is 4.90 Å². The maximum absolute atomic E-state index is 11.9. The first-order chi connectivity index (χ1) is 8.29. The average molecular weight is 333 g/mol. The van der Waals surface area contributed by atoms with Gasteiger partial charge < -0.3 is 4.90 Å². The van der Waals surface area contributed by atoms with Gasteiger partial charge in [-0.15, -0.1) is 0 Å². The number of primary sulfonamides is 1.